The maximum absolute atomic E-state index is 12.9. The molecule has 2 aromatic rings. The summed E-state index contributed by atoms with van der Waals surface area (Å²) in [4.78, 5) is 40.1. The topological polar surface area (TPSA) is 105 Å². The van der Waals surface area contributed by atoms with E-state index in [2.05, 4.69) is 34.5 Å². The summed E-state index contributed by atoms with van der Waals surface area (Å²) in [6, 6.07) is 16.8. The molecule has 39 heavy (non-hydrogen) atoms. The molecule has 0 spiro atoms. The number of hydrogen-bond donors (Lipinski definition) is 1. The Bertz CT molecular complexity index is 1250. The van der Waals surface area contributed by atoms with Crippen LogP contribution in [0.15, 0.2) is 77.3 Å². The Labute approximate surface area is 229 Å². The van der Waals surface area contributed by atoms with Gasteiger partial charge in [0.15, 0.2) is 0 Å². The molecule has 2 aliphatic rings. The number of non-ortho nitro benzene ring substituents is 1. The number of nitro groups is 1. The summed E-state index contributed by atoms with van der Waals surface area (Å²) >= 11 is 0. The molecule has 1 unspecified atom stereocenters. The first-order chi connectivity index (χ1) is 18.8. The molecule has 0 saturated carbocycles. The molecule has 2 heterocycles. The number of carbonyl (C=O) groups is 2. The van der Waals surface area contributed by atoms with E-state index in [9.17, 15) is 19.7 Å². The average molecular weight is 533 g/mol. The normalized spacial score (nSPS) is 18.5. The summed E-state index contributed by atoms with van der Waals surface area (Å²) in [5, 5.41) is 14.5. The highest BCUT2D eigenvalue weighted by Gasteiger charge is 2.36. The monoisotopic (exact) mass is 532 g/mol. The molecule has 0 radical (unpaired) electrons. The van der Waals surface area contributed by atoms with E-state index < -0.39 is 16.8 Å². The van der Waals surface area contributed by atoms with Crippen LogP contribution in [0.2, 0.25) is 0 Å². The van der Waals surface area contributed by atoms with Crippen molar-refractivity contribution >= 4 is 18.1 Å². The zero-order valence-corrected chi connectivity index (χ0v) is 22.8. The lowest BCUT2D eigenvalue weighted by Crippen LogP contribution is -2.38. The summed E-state index contributed by atoms with van der Waals surface area (Å²) in [6.45, 7) is 7.04. The quantitative estimate of drug-likeness (QED) is 0.205. The smallest absolute Gasteiger partial charge is 0.336 e. The second-order valence-electron chi connectivity index (χ2n) is 10.1. The third-order valence-electron chi connectivity index (χ3n) is 7.74. The highest BCUT2D eigenvalue weighted by Crippen LogP contribution is 2.40. The van der Waals surface area contributed by atoms with Crippen LogP contribution in [0.5, 0.6) is 0 Å². The summed E-state index contributed by atoms with van der Waals surface area (Å²) in [6.07, 6.45) is 3.81. The van der Waals surface area contributed by atoms with Gasteiger partial charge in [0, 0.05) is 30.1 Å². The Kier molecular flexibility index (Phi) is 9.14. The molecular formula is C30H36N4O5. The van der Waals surface area contributed by atoms with Gasteiger partial charge in [-0.2, -0.15) is 0 Å². The van der Waals surface area contributed by atoms with Crippen LogP contribution in [0.4, 0.5) is 5.69 Å². The van der Waals surface area contributed by atoms with Gasteiger partial charge in [0.1, 0.15) is 0 Å². The van der Waals surface area contributed by atoms with Crippen molar-refractivity contribution in [2.45, 2.75) is 44.9 Å². The first kappa shape index (κ1) is 28.0. The van der Waals surface area contributed by atoms with Gasteiger partial charge in [-0.3, -0.25) is 14.9 Å². The number of dihydropyridines is 1. The van der Waals surface area contributed by atoms with Crippen LogP contribution in [0.3, 0.4) is 0 Å². The second-order valence-corrected chi connectivity index (χ2v) is 10.1. The van der Waals surface area contributed by atoms with Gasteiger partial charge in [0.05, 0.1) is 29.2 Å². The summed E-state index contributed by atoms with van der Waals surface area (Å²) in [7, 11) is 1.32. The minimum absolute atomic E-state index is 0.0430. The number of amides is 1. The molecule has 2 aliphatic heterocycles. The van der Waals surface area contributed by atoms with E-state index >= 15 is 0 Å². The van der Waals surface area contributed by atoms with Gasteiger partial charge in [-0.25, -0.2) is 4.79 Å². The van der Waals surface area contributed by atoms with Crippen LogP contribution >= 0.6 is 0 Å². The first-order valence-electron chi connectivity index (χ1n) is 13.3. The molecule has 9 nitrogen and oxygen atoms in total. The first-order valence-corrected chi connectivity index (χ1v) is 13.3. The van der Waals surface area contributed by atoms with E-state index in [1.807, 2.05) is 13.0 Å². The molecule has 4 rings (SSSR count). The third kappa shape index (κ3) is 6.37. The molecular weight excluding hydrogens is 496 g/mol. The fourth-order valence-corrected chi connectivity index (χ4v) is 5.77. The molecule has 206 valence electrons. The molecule has 1 saturated heterocycles. The van der Waals surface area contributed by atoms with Gasteiger partial charge in [0.25, 0.3) is 5.69 Å². The zero-order valence-electron chi connectivity index (χ0n) is 22.8. The maximum Gasteiger partial charge on any atom is 0.336 e. The Morgan fingerprint density at radius 1 is 1.08 bits per heavy atom. The van der Waals surface area contributed by atoms with Crippen LogP contribution < -0.4 is 5.32 Å². The predicted molar refractivity (Wildman–Crippen MR) is 149 cm³/mol. The largest absolute Gasteiger partial charge is 0.466 e. The number of methoxy groups -OCH3 is 1. The van der Waals surface area contributed by atoms with E-state index in [0.717, 1.165) is 51.0 Å². The Hall–Kier alpha value is -3.98. The van der Waals surface area contributed by atoms with Crippen LogP contribution in [0.25, 0.3) is 0 Å². The van der Waals surface area contributed by atoms with Crippen molar-refractivity contribution in [3.63, 3.8) is 0 Å². The predicted octanol–water partition coefficient (Wildman–Crippen LogP) is 4.69. The lowest BCUT2D eigenvalue weighted by Gasteiger charge is -2.36. The van der Waals surface area contributed by atoms with Crippen LogP contribution in [0.1, 0.15) is 56.1 Å². The highest BCUT2D eigenvalue weighted by molar-refractivity contribution is 5.92. The number of nitro benzene ring substituents is 1. The van der Waals surface area contributed by atoms with Crippen LogP contribution in [-0.4, -0.2) is 60.4 Å². The molecule has 1 atom stereocenters. The van der Waals surface area contributed by atoms with E-state index in [-0.39, 0.29) is 5.69 Å². The van der Waals surface area contributed by atoms with Crippen molar-refractivity contribution in [3.8, 4) is 0 Å². The molecule has 1 amide bonds. The summed E-state index contributed by atoms with van der Waals surface area (Å²) in [5.41, 5.74) is 4.43. The van der Waals surface area contributed by atoms with Gasteiger partial charge in [-0.15, -0.1) is 0 Å². The number of nitrogens with zero attached hydrogens (tertiary/aromatic N) is 3. The van der Waals surface area contributed by atoms with Crippen molar-refractivity contribution in [2.24, 2.45) is 0 Å². The number of allylic oxidation sites excluding steroid dienone is 3. The van der Waals surface area contributed by atoms with Gasteiger partial charge < -0.3 is 19.9 Å². The lowest BCUT2D eigenvalue weighted by molar-refractivity contribution is -0.384. The van der Waals surface area contributed by atoms with E-state index in [1.165, 1.54) is 24.8 Å². The molecule has 0 bridgehead atoms. The third-order valence-corrected chi connectivity index (χ3v) is 7.74. The van der Waals surface area contributed by atoms with E-state index in [4.69, 9.17) is 4.74 Å². The van der Waals surface area contributed by atoms with Gasteiger partial charge in [-0.05, 0) is 69.8 Å². The van der Waals surface area contributed by atoms with Gasteiger partial charge in [0.2, 0.25) is 6.41 Å². The molecule has 0 aliphatic carbocycles. The van der Waals surface area contributed by atoms with Crippen molar-refractivity contribution in [3.05, 3.63) is 98.5 Å². The fourth-order valence-electron chi connectivity index (χ4n) is 5.77. The molecule has 2 aromatic carbocycles. The number of piperidine rings is 1. The van der Waals surface area contributed by atoms with Crippen LogP contribution in [-0.2, 0) is 14.3 Å². The zero-order chi connectivity index (χ0) is 27.9. The Morgan fingerprint density at radius 3 is 2.33 bits per heavy atom. The summed E-state index contributed by atoms with van der Waals surface area (Å²) in [5.74, 6) is -0.531. The second kappa shape index (κ2) is 12.7. The van der Waals surface area contributed by atoms with E-state index in [0.29, 0.717) is 35.0 Å². The Balaban J connectivity index is 1.48. The molecule has 9 heteroatoms. The number of ether oxygens (including phenoxy) is 1. The highest BCUT2D eigenvalue weighted by atomic mass is 16.6. The molecule has 0 aromatic heterocycles. The van der Waals surface area contributed by atoms with Crippen molar-refractivity contribution in [1.29, 1.82) is 0 Å². The maximum atomic E-state index is 12.9. The van der Waals surface area contributed by atoms with Crippen LogP contribution in [0, 0.1) is 10.1 Å². The Morgan fingerprint density at radius 2 is 1.74 bits per heavy atom. The lowest BCUT2D eigenvalue weighted by atomic mass is 9.83. The van der Waals surface area contributed by atoms with Crippen molar-refractivity contribution < 1.29 is 19.2 Å². The molecule has 1 fully saturated rings. The van der Waals surface area contributed by atoms with Crippen molar-refractivity contribution in [1.82, 2.24) is 15.1 Å². The number of rotatable bonds is 10. The van der Waals surface area contributed by atoms with Gasteiger partial charge in [-0.1, -0.05) is 42.5 Å². The number of carbonyl (C=O) groups excluding carboxylic acids is 2. The number of likely N-dealkylation sites (tertiary alicyclic amines) is 1. The summed E-state index contributed by atoms with van der Waals surface area (Å²) < 4.78 is 5.09. The van der Waals surface area contributed by atoms with E-state index in [1.54, 1.807) is 24.0 Å². The minimum atomic E-state index is -0.605. The number of hydrogen-bond acceptors (Lipinski definition) is 7. The SMILES string of the molecule is COC(=O)C1=C(C)NC(C)=C(N(C=O)CCCN2CCC(c3ccccc3)CC2)C1c1ccc([N+](=O)[O-])cc1. The minimum Gasteiger partial charge on any atom is -0.466 e. The van der Waals surface area contributed by atoms with Gasteiger partial charge >= 0.3 is 5.97 Å². The van der Waals surface area contributed by atoms with Crippen molar-refractivity contribution in [2.75, 3.05) is 33.3 Å². The molecule has 1 N–H and O–H groups in total. The number of esters is 1. The average Bonchev–Trinajstić information content (AvgIpc) is 2.96. The fraction of sp³-hybridized carbons (Fsp3) is 0.400. The number of benzene rings is 2. The standard InChI is InChI=1S/C30H36N4O5/c1-21-27(30(36)39-3)28(25-10-12-26(13-11-25)34(37)38)29(22(2)31-21)33(20-35)17-7-16-32-18-14-24(15-19-32)23-8-5-4-6-9-23/h4-6,8-13,20,24,28,31H,7,14-19H2,1-3H3. The number of nitrogens with one attached hydrogen (secondary N) is 1.